The van der Waals surface area contributed by atoms with E-state index in [4.69, 9.17) is 14.2 Å². The summed E-state index contributed by atoms with van der Waals surface area (Å²) in [6, 6.07) is 5.53. The standard InChI is InChI=1S/C23H30N6O4S/c1-14-11-24-21(25-12-14)15(2)16(3)34(30)28-23-27-26-22(17-9-10-33-13-17)29(23)20-18(31-4)7-6-8-19(20)32-5/h6-8,11-12,15-17H,9-10,13H2,1-5H3,(H,27,28)/t15?,16?,17-,34?/m1/s1. The van der Waals surface area contributed by atoms with Crippen molar-refractivity contribution in [2.24, 2.45) is 0 Å². The van der Waals surface area contributed by atoms with Gasteiger partial charge in [0.25, 0.3) is 5.95 Å². The highest BCUT2D eigenvalue weighted by Gasteiger charge is 2.33. The third-order valence-corrected chi connectivity index (χ3v) is 7.52. The van der Waals surface area contributed by atoms with Gasteiger partial charge in [-0.2, -0.15) is 4.72 Å². The van der Waals surface area contributed by atoms with Crippen molar-refractivity contribution < 1.29 is 18.8 Å². The van der Waals surface area contributed by atoms with Gasteiger partial charge >= 0.3 is 0 Å². The molecule has 1 aromatic carbocycles. The van der Waals surface area contributed by atoms with Gasteiger partial charge in [-0.1, -0.05) is 13.0 Å². The zero-order valence-electron chi connectivity index (χ0n) is 20.0. The molecule has 1 saturated heterocycles. The predicted molar refractivity (Wildman–Crippen MR) is 129 cm³/mol. The molecule has 0 spiro atoms. The van der Waals surface area contributed by atoms with Crippen molar-refractivity contribution >= 4 is 17.3 Å². The van der Waals surface area contributed by atoms with Crippen molar-refractivity contribution in [2.75, 3.05) is 32.2 Å². The highest BCUT2D eigenvalue weighted by molar-refractivity contribution is 7.93. The van der Waals surface area contributed by atoms with Crippen LogP contribution in [0.5, 0.6) is 11.5 Å². The Kier molecular flexibility index (Phi) is 7.54. The number of hydrogen-bond donors (Lipinski definition) is 1. The number of nitrogens with zero attached hydrogens (tertiary/aromatic N) is 5. The lowest BCUT2D eigenvalue weighted by atomic mass is 10.1. The Morgan fingerprint density at radius 1 is 1.15 bits per heavy atom. The van der Waals surface area contributed by atoms with Gasteiger partial charge in [-0.25, -0.2) is 9.97 Å². The van der Waals surface area contributed by atoms with Crippen molar-refractivity contribution in [2.45, 2.75) is 44.3 Å². The maximum absolute atomic E-state index is 13.4. The Labute approximate surface area is 202 Å². The first-order valence-electron chi connectivity index (χ1n) is 11.1. The van der Waals surface area contributed by atoms with Gasteiger partial charge in [-0.15, -0.1) is 10.2 Å². The fourth-order valence-corrected chi connectivity index (χ4v) is 4.84. The monoisotopic (exact) mass is 486 g/mol. The molecule has 3 aromatic rings. The highest BCUT2D eigenvalue weighted by Crippen LogP contribution is 2.38. The molecule has 1 N–H and O–H groups in total. The van der Waals surface area contributed by atoms with Crippen LogP contribution in [0.1, 0.15) is 49.3 Å². The van der Waals surface area contributed by atoms with Crippen LogP contribution in [0.4, 0.5) is 5.95 Å². The van der Waals surface area contributed by atoms with Crippen LogP contribution in [0.3, 0.4) is 0 Å². The van der Waals surface area contributed by atoms with Crippen molar-refractivity contribution in [1.29, 1.82) is 0 Å². The van der Waals surface area contributed by atoms with Crippen LogP contribution in [0.25, 0.3) is 5.69 Å². The Morgan fingerprint density at radius 2 is 1.82 bits per heavy atom. The van der Waals surface area contributed by atoms with Gasteiger partial charge in [-0.05, 0) is 38.0 Å². The summed E-state index contributed by atoms with van der Waals surface area (Å²) in [7, 11) is 3.19. The SMILES string of the molecule is COc1cccc(OC)c1-n1c(N[S+]([O-])C(C)C(C)c2ncc(C)cn2)nnc1[C@@H]1CCOC1. The predicted octanol–water partition coefficient (Wildman–Crippen LogP) is 3.15. The van der Waals surface area contributed by atoms with E-state index in [1.807, 2.05) is 43.5 Å². The third-order valence-electron chi connectivity index (χ3n) is 6.05. The van der Waals surface area contributed by atoms with Gasteiger partial charge in [0.1, 0.15) is 34.1 Å². The minimum absolute atomic E-state index is 0.0448. The van der Waals surface area contributed by atoms with E-state index in [0.29, 0.717) is 48.0 Å². The number of aromatic nitrogens is 5. The minimum Gasteiger partial charge on any atom is -0.593 e. The van der Waals surface area contributed by atoms with E-state index in [1.165, 1.54) is 0 Å². The number of anilines is 1. The van der Waals surface area contributed by atoms with Gasteiger partial charge < -0.3 is 18.8 Å². The summed E-state index contributed by atoms with van der Waals surface area (Å²) in [5.74, 6) is 2.75. The molecule has 1 fully saturated rings. The largest absolute Gasteiger partial charge is 0.593 e. The fourth-order valence-electron chi connectivity index (χ4n) is 3.85. The Balaban J connectivity index is 1.69. The number of hydrogen-bond acceptors (Lipinski definition) is 9. The number of rotatable bonds is 9. The van der Waals surface area contributed by atoms with E-state index in [-0.39, 0.29) is 17.1 Å². The summed E-state index contributed by atoms with van der Waals surface area (Å²) >= 11 is -1.51. The second kappa shape index (κ2) is 10.6. The van der Waals surface area contributed by atoms with E-state index in [2.05, 4.69) is 24.9 Å². The van der Waals surface area contributed by atoms with E-state index >= 15 is 0 Å². The van der Waals surface area contributed by atoms with E-state index in [1.54, 1.807) is 26.6 Å². The molecular formula is C23H30N6O4S. The van der Waals surface area contributed by atoms with Crippen LogP contribution in [0.15, 0.2) is 30.6 Å². The van der Waals surface area contributed by atoms with E-state index in [9.17, 15) is 4.55 Å². The zero-order chi connectivity index (χ0) is 24.2. The Bertz CT molecular complexity index is 1080. The van der Waals surface area contributed by atoms with Gasteiger partial charge in [0.15, 0.2) is 0 Å². The number of benzene rings is 1. The molecule has 0 aliphatic carbocycles. The van der Waals surface area contributed by atoms with Gasteiger partial charge in [0.05, 0.1) is 38.1 Å². The molecule has 34 heavy (non-hydrogen) atoms. The molecule has 1 aliphatic heterocycles. The molecule has 10 nitrogen and oxygen atoms in total. The number of aryl methyl sites for hydroxylation is 1. The topological polar surface area (TPSA) is 119 Å². The van der Waals surface area contributed by atoms with Crippen LogP contribution in [0.2, 0.25) is 0 Å². The average Bonchev–Trinajstić information content (AvgIpc) is 3.53. The lowest BCUT2D eigenvalue weighted by Crippen LogP contribution is -2.31. The summed E-state index contributed by atoms with van der Waals surface area (Å²) in [5.41, 5.74) is 1.62. The highest BCUT2D eigenvalue weighted by atomic mass is 32.2. The first-order chi connectivity index (χ1) is 16.4. The number of ether oxygens (including phenoxy) is 3. The molecule has 4 rings (SSSR count). The van der Waals surface area contributed by atoms with Crippen LogP contribution < -0.4 is 14.2 Å². The summed E-state index contributed by atoms with van der Waals surface area (Å²) in [5, 5.41) is 8.52. The maximum Gasteiger partial charge on any atom is 0.271 e. The van der Waals surface area contributed by atoms with Crippen molar-refractivity contribution in [3.63, 3.8) is 0 Å². The van der Waals surface area contributed by atoms with Crippen molar-refractivity contribution in [3.8, 4) is 17.2 Å². The summed E-state index contributed by atoms with van der Waals surface area (Å²) < 4.78 is 35.2. The molecular weight excluding hydrogens is 456 g/mol. The smallest absolute Gasteiger partial charge is 0.271 e. The van der Waals surface area contributed by atoms with Crippen LogP contribution in [-0.4, -0.2) is 62.0 Å². The molecule has 182 valence electrons. The summed E-state index contributed by atoms with van der Waals surface area (Å²) in [4.78, 5) is 8.80. The third kappa shape index (κ3) is 4.82. The molecule has 3 unspecified atom stereocenters. The van der Waals surface area contributed by atoms with Gasteiger partial charge in [0, 0.05) is 24.9 Å². The molecule has 0 saturated carbocycles. The number of methoxy groups -OCH3 is 2. The molecule has 2 aromatic heterocycles. The molecule has 0 radical (unpaired) electrons. The van der Waals surface area contributed by atoms with Crippen LogP contribution in [0, 0.1) is 6.92 Å². The van der Waals surface area contributed by atoms with Crippen molar-refractivity contribution in [1.82, 2.24) is 24.7 Å². The van der Waals surface area contributed by atoms with Crippen LogP contribution in [-0.2, 0) is 16.1 Å². The minimum atomic E-state index is -1.51. The Hall–Kier alpha value is -2.89. The van der Waals surface area contributed by atoms with Crippen LogP contribution >= 0.6 is 0 Å². The molecule has 11 heteroatoms. The lowest BCUT2D eigenvalue weighted by Gasteiger charge is -2.23. The molecule has 1 aliphatic rings. The Morgan fingerprint density at radius 3 is 2.41 bits per heavy atom. The molecule has 0 bridgehead atoms. The number of para-hydroxylation sites is 1. The summed E-state index contributed by atoms with van der Waals surface area (Å²) in [6.07, 6.45) is 4.35. The summed E-state index contributed by atoms with van der Waals surface area (Å²) in [6.45, 7) is 6.98. The first kappa shape index (κ1) is 24.2. The lowest BCUT2D eigenvalue weighted by molar-refractivity contribution is 0.193. The number of nitrogens with one attached hydrogen (secondary N) is 1. The van der Waals surface area contributed by atoms with Gasteiger partial charge in [-0.3, -0.25) is 4.57 Å². The molecule has 3 heterocycles. The van der Waals surface area contributed by atoms with E-state index in [0.717, 1.165) is 12.0 Å². The molecule has 0 amide bonds. The quantitative estimate of drug-likeness (QED) is 0.455. The van der Waals surface area contributed by atoms with Crippen molar-refractivity contribution in [3.05, 3.63) is 47.8 Å². The van der Waals surface area contributed by atoms with Gasteiger partial charge in [0.2, 0.25) is 0 Å². The second-order valence-electron chi connectivity index (χ2n) is 8.30. The average molecular weight is 487 g/mol. The second-order valence-corrected chi connectivity index (χ2v) is 9.84. The normalized spacial score (nSPS) is 18.4. The first-order valence-corrected chi connectivity index (χ1v) is 12.4. The van der Waals surface area contributed by atoms with E-state index < -0.39 is 11.4 Å². The maximum atomic E-state index is 13.4. The zero-order valence-corrected chi connectivity index (χ0v) is 20.8. The fraction of sp³-hybridized carbons (Fsp3) is 0.478. The molecule has 4 atom stereocenters.